The molecule has 2 nitrogen and oxygen atoms in total. The Labute approximate surface area is 118 Å². The zero-order chi connectivity index (χ0) is 13.8. The first-order valence-corrected chi connectivity index (χ1v) is 7.36. The highest BCUT2D eigenvalue weighted by molar-refractivity contribution is 7.97. The van der Waals surface area contributed by atoms with Gasteiger partial charge in [-0.1, -0.05) is 24.3 Å². The Morgan fingerprint density at radius 2 is 1.21 bits per heavy atom. The normalized spacial score (nSPS) is 10.6. The minimum Gasteiger partial charge on any atom is -0.508 e. The summed E-state index contributed by atoms with van der Waals surface area (Å²) in [6, 6.07) is 11.5. The SMILES string of the molecule is Cc1ccc(CSCc2ccc(C)cc2O)c(O)c1. The standard InChI is InChI=1S/C16H18O2S/c1-11-3-5-13(15(17)7-11)9-19-10-14-6-4-12(2)8-16(14)18/h3-8,17-18H,9-10H2,1-2H3. The van der Waals surface area contributed by atoms with Gasteiger partial charge in [-0.15, -0.1) is 0 Å². The van der Waals surface area contributed by atoms with Crippen molar-refractivity contribution in [1.29, 1.82) is 0 Å². The molecule has 3 heteroatoms. The first-order chi connectivity index (χ1) is 9.06. The number of hydrogen-bond acceptors (Lipinski definition) is 3. The largest absolute Gasteiger partial charge is 0.508 e. The Bertz CT molecular complexity index is 527. The molecule has 0 aromatic heterocycles. The molecule has 0 aliphatic rings. The molecule has 2 aromatic rings. The molecule has 0 heterocycles. The number of rotatable bonds is 4. The molecule has 0 saturated carbocycles. The topological polar surface area (TPSA) is 40.5 Å². The lowest BCUT2D eigenvalue weighted by molar-refractivity contribution is 0.470. The van der Waals surface area contributed by atoms with E-state index in [4.69, 9.17) is 0 Å². The number of aryl methyl sites for hydroxylation is 2. The monoisotopic (exact) mass is 274 g/mol. The highest BCUT2D eigenvalue weighted by atomic mass is 32.2. The van der Waals surface area contributed by atoms with E-state index in [1.807, 2.05) is 38.1 Å². The van der Waals surface area contributed by atoms with Crippen LogP contribution in [-0.2, 0) is 11.5 Å². The molecule has 2 rings (SSSR count). The van der Waals surface area contributed by atoms with Gasteiger partial charge in [0.05, 0.1) is 0 Å². The summed E-state index contributed by atoms with van der Waals surface area (Å²) in [7, 11) is 0. The van der Waals surface area contributed by atoms with Crippen molar-refractivity contribution in [2.24, 2.45) is 0 Å². The van der Waals surface area contributed by atoms with E-state index in [2.05, 4.69) is 0 Å². The fourth-order valence-electron chi connectivity index (χ4n) is 1.86. The number of aromatic hydroxyl groups is 2. The summed E-state index contributed by atoms with van der Waals surface area (Å²) in [5, 5.41) is 19.6. The highest BCUT2D eigenvalue weighted by Crippen LogP contribution is 2.28. The number of benzene rings is 2. The highest BCUT2D eigenvalue weighted by Gasteiger charge is 2.04. The second kappa shape index (κ2) is 6.02. The molecule has 0 spiro atoms. The maximum atomic E-state index is 9.82. The van der Waals surface area contributed by atoms with Gasteiger partial charge in [-0.05, 0) is 37.1 Å². The van der Waals surface area contributed by atoms with Crippen molar-refractivity contribution >= 4 is 11.8 Å². The molecule has 2 N–H and O–H groups in total. The van der Waals surface area contributed by atoms with Gasteiger partial charge in [-0.25, -0.2) is 0 Å². The van der Waals surface area contributed by atoms with Gasteiger partial charge in [0.2, 0.25) is 0 Å². The third-order valence-electron chi connectivity index (χ3n) is 3.00. The lowest BCUT2D eigenvalue weighted by Gasteiger charge is -2.07. The molecule has 0 fully saturated rings. The van der Waals surface area contributed by atoms with Crippen LogP contribution in [0.2, 0.25) is 0 Å². The number of thioether (sulfide) groups is 1. The van der Waals surface area contributed by atoms with Crippen LogP contribution in [0.1, 0.15) is 22.3 Å². The van der Waals surface area contributed by atoms with Crippen molar-refractivity contribution in [3.63, 3.8) is 0 Å². The van der Waals surface area contributed by atoms with E-state index in [1.165, 1.54) is 0 Å². The predicted octanol–water partition coefficient (Wildman–Crippen LogP) is 4.15. The smallest absolute Gasteiger partial charge is 0.119 e. The molecule has 0 aliphatic carbocycles. The molecule has 0 bridgehead atoms. The Morgan fingerprint density at radius 1 is 0.789 bits per heavy atom. The summed E-state index contributed by atoms with van der Waals surface area (Å²) in [6.45, 7) is 3.92. The van der Waals surface area contributed by atoms with E-state index in [0.29, 0.717) is 11.5 Å². The van der Waals surface area contributed by atoms with Gasteiger partial charge in [-0.3, -0.25) is 0 Å². The maximum absolute atomic E-state index is 9.82. The fourth-order valence-corrected chi connectivity index (χ4v) is 2.89. The summed E-state index contributed by atoms with van der Waals surface area (Å²) < 4.78 is 0. The van der Waals surface area contributed by atoms with E-state index in [9.17, 15) is 10.2 Å². The molecule has 100 valence electrons. The molecule has 0 radical (unpaired) electrons. The minimum atomic E-state index is 0.348. The average molecular weight is 274 g/mol. The molecule has 0 unspecified atom stereocenters. The third-order valence-corrected chi connectivity index (χ3v) is 4.03. The van der Waals surface area contributed by atoms with E-state index in [-0.39, 0.29) is 0 Å². The number of phenolic OH excluding ortho intramolecular Hbond substituents is 2. The molecule has 19 heavy (non-hydrogen) atoms. The van der Waals surface area contributed by atoms with Crippen LogP contribution in [0, 0.1) is 13.8 Å². The Hall–Kier alpha value is -1.61. The number of hydrogen-bond donors (Lipinski definition) is 2. The average Bonchev–Trinajstić information content (AvgIpc) is 2.34. The molecule has 0 saturated heterocycles. The van der Waals surface area contributed by atoms with Crippen LogP contribution < -0.4 is 0 Å². The Kier molecular flexibility index (Phi) is 4.38. The van der Waals surface area contributed by atoms with Crippen LogP contribution in [-0.4, -0.2) is 10.2 Å². The van der Waals surface area contributed by atoms with Crippen LogP contribution >= 0.6 is 11.8 Å². The van der Waals surface area contributed by atoms with Crippen molar-refractivity contribution < 1.29 is 10.2 Å². The van der Waals surface area contributed by atoms with Crippen molar-refractivity contribution in [3.8, 4) is 11.5 Å². The summed E-state index contributed by atoms with van der Waals surface area (Å²) in [4.78, 5) is 0. The lowest BCUT2D eigenvalue weighted by atomic mass is 10.1. The van der Waals surface area contributed by atoms with Crippen molar-refractivity contribution in [3.05, 3.63) is 58.7 Å². The van der Waals surface area contributed by atoms with Crippen molar-refractivity contribution in [2.45, 2.75) is 25.4 Å². The van der Waals surface area contributed by atoms with E-state index >= 15 is 0 Å². The minimum absolute atomic E-state index is 0.348. The zero-order valence-electron chi connectivity index (χ0n) is 11.2. The second-order valence-electron chi connectivity index (χ2n) is 4.76. The van der Waals surface area contributed by atoms with Crippen LogP contribution in [0.15, 0.2) is 36.4 Å². The zero-order valence-corrected chi connectivity index (χ0v) is 12.0. The van der Waals surface area contributed by atoms with Gasteiger partial charge in [0.25, 0.3) is 0 Å². The molecule has 0 aliphatic heterocycles. The van der Waals surface area contributed by atoms with Gasteiger partial charge in [0.1, 0.15) is 11.5 Å². The van der Waals surface area contributed by atoms with E-state index < -0.39 is 0 Å². The number of phenols is 2. The van der Waals surface area contributed by atoms with Crippen LogP contribution in [0.25, 0.3) is 0 Å². The van der Waals surface area contributed by atoms with Gasteiger partial charge in [0, 0.05) is 22.6 Å². The predicted molar refractivity (Wildman–Crippen MR) is 80.7 cm³/mol. The quantitative estimate of drug-likeness (QED) is 0.880. The van der Waals surface area contributed by atoms with E-state index in [0.717, 1.165) is 33.8 Å². The maximum Gasteiger partial charge on any atom is 0.119 e. The fraction of sp³-hybridized carbons (Fsp3) is 0.250. The van der Waals surface area contributed by atoms with Gasteiger partial charge in [-0.2, -0.15) is 11.8 Å². The second-order valence-corrected chi connectivity index (χ2v) is 5.74. The molecule has 0 atom stereocenters. The van der Waals surface area contributed by atoms with Crippen LogP contribution in [0.3, 0.4) is 0 Å². The van der Waals surface area contributed by atoms with E-state index in [1.54, 1.807) is 23.9 Å². The van der Waals surface area contributed by atoms with Gasteiger partial charge in [0.15, 0.2) is 0 Å². The Balaban J connectivity index is 1.96. The summed E-state index contributed by atoms with van der Waals surface area (Å²) in [5.74, 6) is 2.17. The summed E-state index contributed by atoms with van der Waals surface area (Å²) >= 11 is 1.68. The third kappa shape index (κ3) is 3.67. The first kappa shape index (κ1) is 13.8. The van der Waals surface area contributed by atoms with Crippen LogP contribution in [0.4, 0.5) is 0 Å². The Morgan fingerprint density at radius 3 is 1.58 bits per heavy atom. The summed E-state index contributed by atoms with van der Waals surface area (Å²) in [5.41, 5.74) is 3.98. The molecule has 2 aromatic carbocycles. The van der Waals surface area contributed by atoms with Gasteiger partial charge >= 0.3 is 0 Å². The molecular weight excluding hydrogens is 256 g/mol. The first-order valence-electron chi connectivity index (χ1n) is 6.21. The molecular formula is C16H18O2S. The molecule has 0 amide bonds. The lowest BCUT2D eigenvalue weighted by Crippen LogP contribution is -1.87. The summed E-state index contributed by atoms with van der Waals surface area (Å²) in [6.07, 6.45) is 0. The van der Waals surface area contributed by atoms with Crippen molar-refractivity contribution in [2.75, 3.05) is 0 Å². The van der Waals surface area contributed by atoms with Crippen molar-refractivity contribution in [1.82, 2.24) is 0 Å². The van der Waals surface area contributed by atoms with Gasteiger partial charge < -0.3 is 10.2 Å². The van der Waals surface area contributed by atoms with Crippen LogP contribution in [0.5, 0.6) is 11.5 Å².